The number of carboxylic acids is 1. The van der Waals surface area contributed by atoms with Crippen LogP contribution in [0.25, 0.3) is 0 Å². The van der Waals surface area contributed by atoms with E-state index < -0.39 is 12.0 Å². The number of allylic oxidation sites excluding steroid dienone is 2. The standard InChI is InChI=1S/C23H43NO3S.Na/c1-3-4-5-6-7-8-9-10-11-12-13-14-15-16-17-18-22(25)24-21(23(26)27)19-20-28-2;/h10-11,21H,3-9,12-20H2,1-2H3,(H,24,25)(H,26,27);/q;+1/p-1/b11-10-;/t21-;/m0./s1. The summed E-state index contributed by atoms with van der Waals surface area (Å²) in [6, 6.07) is -0.858. The zero-order valence-corrected chi connectivity index (χ0v) is 22.0. The minimum atomic E-state index is -1.19. The molecule has 1 N–H and O–H groups in total. The second-order valence-corrected chi connectivity index (χ2v) is 8.54. The number of aliphatic carboxylic acids is 1. The zero-order chi connectivity index (χ0) is 20.9. The van der Waals surface area contributed by atoms with Crippen molar-refractivity contribution in [3.8, 4) is 0 Å². The van der Waals surface area contributed by atoms with Gasteiger partial charge >= 0.3 is 29.6 Å². The van der Waals surface area contributed by atoms with Gasteiger partial charge in [0, 0.05) is 6.42 Å². The first-order chi connectivity index (χ1) is 13.6. The van der Waals surface area contributed by atoms with Crippen LogP contribution in [0.3, 0.4) is 0 Å². The van der Waals surface area contributed by atoms with E-state index in [1.54, 1.807) is 11.8 Å². The van der Waals surface area contributed by atoms with Crippen LogP contribution in [0.4, 0.5) is 0 Å². The summed E-state index contributed by atoms with van der Waals surface area (Å²) in [6.45, 7) is 2.25. The molecule has 0 spiro atoms. The van der Waals surface area contributed by atoms with Gasteiger partial charge in [0.1, 0.15) is 0 Å². The average molecular weight is 436 g/mol. The summed E-state index contributed by atoms with van der Waals surface area (Å²) in [5, 5.41) is 13.6. The number of unbranched alkanes of at least 4 members (excludes halogenated alkanes) is 11. The molecule has 0 rings (SSSR count). The number of thioether (sulfide) groups is 1. The van der Waals surface area contributed by atoms with E-state index in [1.807, 2.05) is 6.26 Å². The second-order valence-electron chi connectivity index (χ2n) is 7.55. The molecule has 1 atom stereocenters. The Morgan fingerprint density at radius 1 is 0.897 bits per heavy atom. The number of amides is 1. The predicted octanol–water partition coefficient (Wildman–Crippen LogP) is 2.02. The van der Waals surface area contributed by atoms with E-state index in [4.69, 9.17) is 0 Å². The first-order valence-corrected chi connectivity index (χ1v) is 12.6. The molecule has 0 aromatic rings. The number of hydrogen-bond donors (Lipinski definition) is 1. The van der Waals surface area contributed by atoms with E-state index in [1.165, 1.54) is 57.8 Å². The van der Waals surface area contributed by atoms with Crippen molar-refractivity contribution in [3.63, 3.8) is 0 Å². The van der Waals surface area contributed by atoms with Gasteiger partial charge in [-0.3, -0.25) is 4.79 Å². The molecule has 0 fully saturated rings. The largest absolute Gasteiger partial charge is 1.00 e. The summed E-state index contributed by atoms with van der Waals surface area (Å²) in [5.41, 5.74) is 0. The Labute approximate surface area is 205 Å². The van der Waals surface area contributed by atoms with Crippen LogP contribution in [0.2, 0.25) is 0 Å². The van der Waals surface area contributed by atoms with Gasteiger partial charge in [0.05, 0.1) is 12.0 Å². The van der Waals surface area contributed by atoms with Crippen molar-refractivity contribution in [3.05, 3.63) is 12.2 Å². The molecule has 0 aliphatic carbocycles. The van der Waals surface area contributed by atoms with Crippen LogP contribution in [0.1, 0.15) is 103 Å². The average Bonchev–Trinajstić information content (AvgIpc) is 2.67. The van der Waals surface area contributed by atoms with E-state index in [-0.39, 0.29) is 35.5 Å². The Morgan fingerprint density at radius 2 is 1.41 bits per heavy atom. The first kappa shape index (κ1) is 31.2. The molecule has 29 heavy (non-hydrogen) atoms. The van der Waals surface area contributed by atoms with Gasteiger partial charge in [0.25, 0.3) is 0 Å². The molecule has 0 saturated carbocycles. The van der Waals surface area contributed by atoms with Crippen molar-refractivity contribution >= 4 is 23.6 Å². The number of hydrogen-bond acceptors (Lipinski definition) is 4. The molecule has 6 heteroatoms. The maximum absolute atomic E-state index is 11.8. The van der Waals surface area contributed by atoms with Gasteiger partial charge < -0.3 is 15.2 Å². The molecule has 0 bridgehead atoms. The van der Waals surface area contributed by atoms with Gasteiger partial charge in [-0.15, -0.1) is 0 Å². The van der Waals surface area contributed by atoms with Crippen LogP contribution in [-0.2, 0) is 9.59 Å². The molecule has 0 aromatic carbocycles. The van der Waals surface area contributed by atoms with Crippen LogP contribution < -0.4 is 40.0 Å². The quantitative estimate of drug-likeness (QED) is 0.180. The number of carbonyl (C=O) groups excluding carboxylic acids is 2. The predicted molar refractivity (Wildman–Crippen MR) is 119 cm³/mol. The van der Waals surface area contributed by atoms with Crippen LogP contribution >= 0.6 is 11.8 Å². The van der Waals surface area contributed by atoms with Gasteiger partial charge in [-0.25, -0.2) is 0 Å². The monoisotopic (exact) mass is 435 g/mol. The Balaban J connectivity index is 0. The molecule has 0 unspecified atom stereocenters. The van der Waals surface area contributed by atoms with Gasteiger partial charge in [0.2, 0.25) is 5.91 Å². The molecule has 0 aromatic heterocycles. The molecule has 0 saturated heterocycles. The molecule has 0 aliphatic heterocycles. The van der Waals surface area contributed by atoms with Crippen LogP contribution in [0, 0.1) is 0 Å². The fourth-order valence-electron chi connectivity index (χ4n) is 3.11. The summed E-state index contributed by atoms with van der Waals surface area (Å²) < 4.78 is 0. The molecule has 1 amide bonds. The van der Waals surface area contributed by atoms with Gasteiger partial charge in [0.15, 0.2) is 0 Å². The smallest absolute Gasteiger partial charge is 0.548 e. The van der Waals surface area contributed by atoms with Crippen molar-refractivity contribution in [2.75, 3.05) is 12.0 Å². The maximum atomic E-state index is 11.8. The zero-order valence-electron chi connectivity index (χ0n) is 19.2. The number of nitrogens with one attached hydrogen (secondary N) is 1. The first-order valence-electron chi connectivity index (χ1n) is 11.3. The third-order valence-corrected chi connectivity index (χ3v) is 5.54. The van der Waals surface area contributed by atoms with E-state index >= 15 is 0 Å². The van der Waals surface area contributed by atoms with Crippen molar-refractivity contribution in [1.29, 1.82) is 0 Å². The molecule has 0 radical (unpaired) electrons. The number of carboxylic acid groups (broad SMARTS) is 1. The molecule has 164 valence electrons. The molecule has 0 heterocycles. The molecular weight excluding hydrogens is 393 g/mol. The summed E-state index contributed by atoms with van der Waals surface area (Å²) in [5.74, 6) is -0.660. The fraction of sp³-hybridized carbons (Fsp3) is 0.826. The second kappa shape index (κ2) is 24.3. The van der Waals surface area contributed by atoms with Crippen LogP contribution in [0.15, 0.2) is 12.2 Å². The van der Waals surface area contributed by atoms with Gasteiger partial charge in [-0.2, -0.15) is 11.8 Å². The van der Waals surface area contributed by atoms with E-state index in [2.05, 4.69) is 24.4 Å². The summed E-state index contributed by atoms with van der Waals surface area (Å²) in [4.78, 5) is 22.8. The topological polar surface area (TPSA) is 69.2 Å². The maximum Gasteiger partial charge on any atom is 1.00 e. The van der Waals surface area contributed by atoms with Crippen molar-refractivity contribution in [1.82, 2.24) is 5.32 Å². The SMILES string of the molecule is CCCCCCCC/C=C\CCCCCCCC(=O)N[C@@H](CCSC)C(=O)[O-].[Na+]. The van der Waals surface area contributed by atoms with E-state index in [9.17, 15) is 14.7 Å². The van der Waals surface area contributed by atoms with Crippen LogP contribution in [0.5, 0.6) is 0 Å². The Hall–Kier alpha value is 0.0300. The molecule has 0 aliphatic rings. The van der Waals surface area contributed by atoms with Crippen molar-refractivity contribution in [2.24, 2.45) is 0 Å². The fourth-order valence-corrected chi connectivity index (χ4v) is 3.58. The molecular formula is C23H42NNaO3S. The van der Waals surface area contributed by atoms with Crippen molar-refractivity contribution < 1.29 is 44.3 Å². The van der Waals surface area contributed by atoms with Gasteiger partial charge in [-0.05, 0) is 50.5 Å². The normalized spacial score (nSPS) is 11.9. The van der Waals surface area contributed by atoms with Crippen LogP contribution in [-0.4, -0.2) is 29.9 Å². The Kier molecular flexibility index (Phi) is 26.2. The summed E-state index contributed by atoms with van der Waals surface area (Å²) in [6.07, 6.45) is 23.3. The third-order valence-electron chi connectivity index (χ3n) is 4.90. The van der Waals surface area contributed by atoms with E-state index in [0.29, 0.717) is 18.6 Å². The summed E-state index contributed by atoms with van der Waals surface area (Å²) in [7, 11) is 0. The Morgan fingerprint density at radius 3 is 1.93 bits per heavy atom. The third kappa shape index (κ3) is 22.5. The minimum Gasteiger partial charge on any atom is -0.548 e. The minimum absolute atomic E-state index is 0. The number of carbonyl (C=O) groups is 2. The van der Waals surface area contributed by atoms with Gasteiger partial charge in [-0.1, -0.05) is 70.4 Å². The number of rotatable bonds is 20. The Bertz CT molecular complexity index is 419. The van der Waals surface area contributed by atoms with Crippen molar-refractivity contribution in [2.45, 2.75) is 109 Å². The van der Waals surface area contributed by atoms with E-state index in [0.717, 1.165) is 25.7 Å². The summed E-state index contributed by atoms with van der Waals surface area (Å²) >= 11 is 1.57. The molecule has 4 nitrogen and oxygen atoms in total.